The molecule has 0 radical (unpaired) electrons. The predicted octanol–water partition coefficient (Wildman–Crippen LogP) is 2.23. The predicted molar refractivity (Wildman–Crippen MR) is 61.8 cm³/mol. The normalized spacial score (nSPS) is 13.3. The lowest BCUT2D eigenvalue weighted by atomic mass is 10.1. The molecule has 0 spiro atoms. The molecule has 0 aliphatic carbocycles. The monoisotopic (exact) mass is 220 g/mol. The molecule has 1 N–H and O–H groups in total. The number of esters is 1. The molecule has 0 unspecified atom stereocenters. The van der Waals surface area contributed by atoms with Crippen molar-refractivity contribution in [2.75, 3.05) is 7.11 Å². The van der Waals surface area contributed by atoms with Crippen LogP contribution in [0, 0.1) is 0 Å². The fourth-order valence-electron chi connectivity index (χ4n) is 1.34. The molecule has 0 aromatic heterocycles. The van der Waals surface area contributed by atoms with Gasteiger partial charge in [-0.3, -0.25) is 0 Å². The highest BCUT2D eigenvalue weighted by Gasteiger charge is 2.07. The highest BCUT2D eigenvalue weighted by Crippen LogP contribution is 2.17. The lowest BCUT2D eigenvalue weighted by molar-refractivity contribution is -0.136. The smallest absolute Gasteiger partial charge is 0.333 e. The minimum Gasteiger partial charge on any atom is -0.466 e. The molecule has 0 amide bonds. The Hall–Kier alpha value is -1.61. The van der Waals surface area contributed by atoms with Gasteiger partial charge >= 0.3 is 5.97 Å². The van der Waals surface area contributed by atoms with Gasteiger partial charge in [0.15, 0.2) is 0 Å². The number of hydrogen-bond acceptors (Lipinski definition) is 3. The third-order valence-electron chi connectivity index (χ3n) is 2.34. The Morgan fingerprint density at radius 1 is 1.44 bits per heavy atom. The molecular weight excluding hydrogens is 204 g/mol. The van der Waals surface area contributed by atoms with Crippen LogP contribution in [0.25, 0.3) is 0 Å². The molecule has 1 aromatic rings. The summed E-state index contributed by atoms with van der Waals surface area (Å²) in [5.74, 6) is -0.361. The molecule has 3 nitrogen and oxygen atoms in total. The molecule has 0 fully saturated rings. The van der Waals surface area contributed by atoms with Crippen LogP contribution in [0.5, 0.6) is 0 Å². The van der Waals surface area contributed by atoms with Crippen molar-refractivity contribution in [3.05, 3.63) is 47.5 Å². The molecule has 1 rings (SSSR count). The maximum Gasteiger partial charge on any atom is 0.333 e. The summed E-state index contributed by atoms with van der Waals surface area (Å²) >= 11 is 0. The number of rotatable bonds is 4. The van der Waals surface area contributed by atoms with Gasteiger partial charge in [0.2, 0.25) is 0 Å². The number of carbonyl (C=O) groups excluding carboxylic acids is 1. The number of aliphatic hydroxyl groups excluding tert-OH is 1. The third kappa shape index (κ3) is 3.51. The minimum atomic E-state index is -0.583. The van der Waals surface area contributed by atoms with Crippen molar-refractivity contribution < 1.29 is 14.6 Å². The molecule has 0 aliphatic heterocycles. The van der Waals surface area contributed by atoms with Gasteiger partial charge in [-0.05, 0) is 18.9 Å². The van der Waals surface area contributed by atoms with Crippen molar-refractivity contribution >= 4 is 5.97 Å². The first-order chi connectivity index (χ1) is 7.65. The van der Waals surface area contributed by atoms with Crippen molar-refractivity contribution in [1.82, 2.24) is 0 Å². The van der Waals surface area contributed by atoms with Crippen LogP contribution < -0.4 is 0 Å². The number of methoxy groups -OCH3 is 1. The molecular formula is C13H16O3. The third-order valence-corrected chi connectivity index (χ3v) is 2.34. The van der Waals surface area contributed by atoms with Crippen LogP contribution in [0.4, 0.5) is 0 Å². The van der Waals surface area contributed by atoms with Crippen LogP contribution in [0.2, 0.25) is 0 Å². The molecule has 0 heterocycles. The first-order valence-corrected chi connectivity index (χ1v) is 5.13. The molecule has 0 saturated carbocycles. The Morgan fingerprint density at radius 2 is 2.06 bits per heavy atom. The lowest BCUT2D eigenvalue weighted by Crippen LogP contribution is -2.02. The first kappa shape index (κ1) is 12.5. The van der Waals surface area contributed by atoms with E-state index in [2.05, 4.69) is 4.74 Å². The number of aliphatic hydroxyl groups is 1. The van der Waals surface area contributed by atoms with Crippen LogP contribution in [0.3, 0.4) is 0 Å². The first-order valence-electron chi connectivity index (χ1n) is 5.13. The fourth-order valence-corrected chi connectivity index (χ4v) is 1.34. The summed E-state index contributed by atoms with van der Waals surface area (Å²) in [6.07, 6.45) is 1.51. The van der Waals surface area contributed by atoms with Crippen molar-refractivity contribution in [2.24, 2.45) is 0 Å². The Balaban J connectivity index is 2.59. The van der Waals surface area contributed by atoms with E-state index in [9.17, 15) is 9.90 Å². The number of carbonyl (C=O) groups is 1. The van der Waals surface area contributed by atoms with Crippen molar-refractivity contribution in [2.45, 2.75) is 19.4 Å². The van der Waals surface area contributed by atoms with E-state index in [1.54, 1.807) is 13.0 Å². The summed E-state index contributed by atoms with van der Waals surface area (Å²) in [5, 5.41) is 9.83. The minimum absolute atomic E-state index is 0.361. The molecule has 0 saturated heterocycles. The Bertz CT molecular complexity index is 368. The van der Waals surface area contributed by atoms with E-state index in [0.29, 0.717) is 12.0 Å². The van der Waals surface area contributed by atoms with E-state index in [1.165, 1.54) is 7.11 Å². The van der Waals surface area contributed by atoms with E-state index < -0.39 is 6.10 Å². The summed E-state index contributed by atoms with van der Waals surface area (Å²) in [6.45, 7) is 1.67. The average Bonchev–Trinajstić information content (AvgIpc) is 2.35. The van der Waals surface area contributed by atoms with Crippen LogP contribution in [-0.2, 0) is 9.53 Å². The number of hydrogen-bond donors (Lipinski definition) is 1. The van der Waals surface area contributed by atoms with Crippen LogP contribution in [-0.4, -0.2) is 18.2 Å². The summed E-state index contributed by atoms with van der Waals surface area (Å²) < 4.78 is 4.56. The average molecular weight is 220 g/mol. The zero-order chi connectivity index (χ0) is 12.0. The molecule has 86 valence electrons. The van der Waals surface area contributed by atoms with Gasteiger partial charge in [0.05, 0.1) is 13.2 Å². The van der Waals surface area contributed by atoms with Crippen molar-refractivity contribution in [3.8, 4) is 0 Å². The van der Waals surface area contributed by atoms with Gasteiger partial charge < -0.3 is 9.84 Å². The number of benzene rings is 1. The highest BCUT2D eigenvalue weighted by atomic mass is 16.5. The second-order valence-electron chi connectivity index (χ2n) is 3.54. The van der Waals surface area contributed by atoms with Gasteiger partial charge in [-0.25, -0.2) is 4.79 Å². The van der Waals surface area contributed by atoms with E-state index >= 15 is 0 Å². The quantitative estimate of drug-likeness (QED) is 0.625. The van der Waals surface area contributed by atoms with Crippen LogP contribution >= 0.6 is 0 Å². The highest BCUT2D eigenvalue weighted by molar-refractivity contribution is 5.87. The van der Waals surface area contributed by atoms with E-state index in [0.717, 1.165) is 5.56 Å². The van der Waals surface area contributed by atoms with Gasteiger partial charge in [-0.15, -0.1) is 0 Å². The lowest BCUT2D eigenvalue weighted by Gasteiger charge is -2.08. The molecule has 1 atom stereocenters. The van der Waals surface area contributed by atoms with Crippen LogP contribution in [0.1, 0.15) is 25.0 Å². The van der Waals surface area contributed by atoms with E-state index in [4.69, 9.17) is 0 Å². The zero-order valence-corrected chi connectivity index (χ0v) is 9.51. The maximum absolute atomic E-state index is 11.1. The standard InChI is InChI=1S/C13H16O3/c1-10(13(15)16-2)8-9-12(14)11-6-4-3-5-7-11/h3-8,12,14H,9H2,1-2H3/b10-8+/t12-/m1/s1. The summed E-state index contributed by atoms with van der Waals surface area (Å²) in [6, 6.07) is 9.34. The van der Waals surface area contributed by atoms with Gasteiger partial charge in [-0.1, -0.05) is 36.4 Å². The number of ether oxygens (including phenoxy) is 1. The maximum atomic E-state index is 11.1. The van der Waals surface area contributed by atoms with Crippen molar-refractivity contribution in [1.29, 1.82) is 0 Å². The molecule has 0 bridgehead atoms. The largest absolute Gasteiger partial charge is 0.466 e. The second-order valence-corrected chi connectivity index (χ2v) is 3.54. The molecule has 1 aromatic carbocycles. The van der Waals surface area contributed by atoms with Gasteiger partial charge in [0.1, 0.15) is 0 Å². The summed E-state index contributed by atoms with van der Waals surface area (Å²) in [5.41, 5.74) is 1.36. The zero-order valence-electron chi connectivity index (χ0n) is 9.51. The molecule has 3 heteroatoms. The molecule has 0 aliphatic rings. The molecule has 16 heavy (non-hydrogen) atoms. The van der Waals surface area contributed by atoms with Gasteiger partial charge in [0, 0.05) is 5.57 Å². The van der Waals surface area contributed by atoms with Crippen LogP contribution in [0.15, 0.2) is 42.0 Å². The SMILES string of the molecule is COC(=O)/C(C)=C/C[C@@H](O)c1ccccc1. The second kappa shape index (κ2) is 6.08. The van der Waals surface area contributed by atoms with Gasteiger partial charge in [-0.2, -0.15) is 0 Å². The van der Waals surface area contributed by atoms with E-state index in [-0.39, 0.29) is 5.97 Å². The van der Waals surface area contributed by atoms with Crippen molar-refractivity contribution in [3.63, 3.8) is 0 Å². The Morgan fingerprint density at radius 3 is 2.62 bits per heavy atom. The summed E-state index contributed by atoms with van der Waals surface area (Å²) in [7, 11) is 1.34. The van der Waals surface area contributed by atoms with E-state index in [1.807, 2.05) is 30.3 Å². The Labute approximate surface area is 95.4 Å². The topological polar surface area (TPSA) is 46.5 Å². The Kier molecular flexibility index (Phi) is 4.73. The van der Waals surface area contributed by atoms with Gasteiger partial charge in [0.25, 0.3) is 0 Å². The summed E-state index contributed by atoms with van der Waals surface area (Å²) in [4.78, 5) is 11.1. The fraction of sp³-hybridized carbons (Fsp3) is 0.308.